The third-order valence-electron chi connectivity index (χ3n) is 4.36. The number of nitrogens with zero attached hydrogens (tertiary/aromatic N) is 2. The lowest BCUT2D eigenvalue weighted by atomic mass is 10.1. The van der Waals surface area contributed by atoms with Gasteiger partial charge in [-0.25, -0.2) is 8.42 Å². The van der Waals surface area contributed by atoms with Crippen LogP contribution in [0.5, 0.6) is 5.88 Å². The highest BCUT2D eigenvalue weighted by Gasteiger charge is 2.37. The summed E-state index contributed by atoms with van der Waals surface area (Å²) in [6, 6.07) is 6.47. The molecule has 1 aliphatic carbocycles. The van der Waals surface area contributed by atoms with Crippen LogP contribution in [0.1, 0.15) is 18.4 Å². The van der Waals surface area contributed by atoms with Crippen molar-refractivity contribution in [2.24, 2.45) is 0 Å². The fourth-order valence-electron chi connectivity index (χ4n) is 3.00. The number of H-pyrrole nitrogens is 1. The van der Waals surface area contributed by atoms with E-state index in [1.54, 1.807) is 31.2 Å². The SMILES string of the molecule is Cc1cc(-c2nccc3[nH]nc(OC(F)F)c23)ccc1S(=O)(=O)C1CC1. The summed E-state index contributed by atoms with van der Waals surface area (Å²) in [4.78, 5) is 4.56. The number of hydrogen-bond donors (Lipinski definition) is 1. The molecule has 0 spiro atoms. The van der Waals surface area contributed by atoms with Gasteiger partial charge in [-0.2, -0.15) is 8.78 Å². The smallest absolute Gasteiger partial charge is 0.388 e. The second-order valence-corrected chi connectivity index (χ2v) is 8.41. The van der Waals surface area contributed by atoms with Crippen molar-refractivity contribution in [1.82, 2.24) is 15.2 Å². The van der Waals surface area contributed by atoms with Gasteiger partial charge in [-0.3, -0.25) is 10.1 Å². The summed E-state index contributed by atoms with van der Waals surface area (Å²) in [6.45, 7) is -1.30. The Morgan fingerprint density at radius 3 is 2.69 bits per heavy atom. The zero-order chi connectivity index (χ0) is 18.5. The Hall–Kier alpha value is -2.55. The second-order valence-electron chi connectivity index (χ2n) is 6.21. The summed E-state index contributed by atoms with van der Waals surface area (Å²) < 4.78 is 54.7. The Balaban J connectivity index is 1.83. The molecule has 0 atom stereocenters. The van der Waals surface area contributed by atoms with Crippen LogP contribution in [0.3, 0.4) is 0 Å². The number of nitrogens with one attached hydrogen (secondary N) is 1. The van der Waals surface area contributed by atoms with Crippen LogP contribution in [-0.4, -0.2) is 35.5 Å². The molecule has 4 rings (SSSR count). The molecule has 136 valence electrons. The first-order valence-electron chi connectivity index (χ1n) is 8.00. The maximum atomic E-state index is 12.6. The topological polar surface area (TPSA) is 84.9 Å². The average molecular weight is 379 g/mol. The van der Waals surface area contributed by atoms with E-state index in [1.165, 1.54) is 6.20 Å². The summed E-state index contributed by atoms with van der Waals surface area (Å²) in [5, 5.41) is 6.43. The van der Waals surface area contributed by atoms with Crippen molar-refractivity contribution < 1.29 is 21.9 Å². The third kappa shape index (κ3) is 2.82. The molecule has 0 unspecified atom stereocenters. The average Bonchev–Trinajstić information content (AvgIpc) is 3.37. The molecule has 0 saturated heterocycles. The number of halogens is 2. The fourth-order valence-corrected chi connectivity index (χ4v) is 4.88. The van der Waals surface area contributed by atoms with Crippen LogP contribution in [0.25, 0.3) is 22.2 Å². The molecular weight excluding hydrogens is 364 g/mol. The van der Waals surface area contributed by atoms with Crippen molar-refractivity contribution >= 4 is 20.7 Å². The zero-order valence-corrected chi connectivity index (χ0v) is 14.6. The number of ether oxygens (including phenoxy) is 1. The predicted octanol–water partition coefficient (Wildman–Crippen LogP) is 3.47. The number of aromatic nitrogens is 3. The molecule has 26 heavy (non-hydrogen) atoms. The Morgan fingerprint density at radius 1 is 1.27 bits per heavy atom. The minimum atomic E-state index is -3.31. The van der Waals surface area contributed by atoms with Crippen LogP contribution in [-0.2, 0) is 9.84 Å². The fraction of sp³-hybridized carbons (Fsp3) is 0.294. The largest absolute Gasteiger partial charge is 0.415 e. The minimum absolute atomic E-state index is 0.245. The van der Waals surface area contributed by atoms with Crippen molar-refractivity contribution in [3.63, 3.8) is 0 Å². The standard InChI is InChI=1S/C17H15F2N3O3S/c1-9-8-10(2-5-13(9)26(23,24)11-3-4-11)15-14-12(6-7-20-15)21-22-16(14)25-17(18)19/h2,5-8,11,17H,3-4H2,1H3,(H,21,22). The van der Waals surface area contributed by atoms with E-state index in [0.29, 0.717) is 45.5 Å². The lowest BCUT2D eigenvalue weighted by Crippen LogP contribution is -2.09. The normalized spacial score (nSPS) is 14.9. The third-order valence-corrected chi connectivity index (χ3v) is 6.78. The van der Waals surface area contributed by atoms with Crippen molar-refractivity contribution in [2.75, 3.05) is 0 Å². The van der Waals surface area contributed by atoms with Crippen LogP contribution in [0.2, 0.25) is 0 Å². The number of pyridine rings is 1. The minimum Gasteiger partial charge on any atom is -0.415 e. The molecule has 1 aliphatic rings. The van der Waals surface area contributed by atoms with E-state index in [1.807, 2.05) is 0 Å². The molecule has 2 heterocycles. The Labute approximate surface area is 148 Å². The maximum Gasteiger partial charge on any atom is 0.388 e. The molecule has 0 radical (unpaired) electrons. The van der Waals surface area contributed by atoms with Gasteiger partial charge in [-0.15, -0.1) is 5.10 Å². The predicted molar refractivity (Wildman–Crippen MR) is 90.9 cm³/mol. The Bertz CT molecular complexity index is 1090. The summed E-state index contributed by atoms with van der Waals surface area (Å²) >= 11 is 0. The summed E-state index contributed by atoms with van der Waals surface area (Å²) in [5.41, 5.74) is 2.08. The van der Waals surface area contributed by atoms with Gasteiger partial charge in [0.2, 0.25) is 5.88 Å². The molecule has 0 aliphatic heterocycles. The van der Waals surface area contributed by atoms with Gasteiger partial charge >= 0.3 is 6.61 Å². The van der Waals surface area contributed by atoms with Gasteiger partial charge in [0.1, 0.15) is 0 Å². The van der Waals surface area contributed by atoms with Crippen molar-refractivity contribution in [2.45, 2.75) is 36.5 Å². The number of rotatable bonds is 5. The van der Waals surface area contributed by atoms with Gasteiger partial charge in [0.25, 0.3) is 0 Å². The first kappa shape index (κ1) is 16.9. The van der Waals surface area contributed by atoms with Crippen LogP contribution >= 0.6 is 0 Å². The maximum absolute atomic E-state index is 12.6. The van der Waals surface area contributed by atoms with Crippen LogP contribution in [0.4, 0.5) is 8.78 Å². The Morgan fingerprint density at radius 2 is 2.04 bits per heavy atom. The van der Waals surface area contributed by atoms with Crippen molar-refractivity contribution in [3.8, 4) is 17.1 Å². The van der Waals surface area contributed by atoms with Gasteiger partial charge in [0.05, 0.1) is 26.7 Å². The number of fused-ring (bicyclic) bond motifs is 1. The van der Waals surface area contributed by atoms with E-state index in [2.05, 4.69) is 19.9 Å². The van der Waals surface area contributed by atoms with Crippen LogP contribution in [0, 0.1) is 6.92 Å². The lowest BCUT2D eigenvalue weighted by molar-refractivity contribution is -0.0518. The molecular formula is C17H15F2N3O3S. The molecule has 0 bridgehead atoms. The van der Waals surface area contributed by atoms with E-state index >= 15 is 0 Å². The highest BCUT2D eigenvalue weighted by Crippen LogP contribution is 2.37. The molecule has 1 aromatic carbocycles. The quantitative estimate of drug-likeness (QED) is 0.734. The van der Waals surface area contributed by atoms with E-state index < -0.39 is 16.4 Å². The van der Waals surface area contributed by atoms with E-state index in [-0.39, 0.29) is 11.1 Å². The molecule has 6 nitrogen and oxygen atoms in total. The monoisotopic (exact) mass is 379 g/mol. The number of alkyl halides is 2. The van der Waals surface area contributed by atoms with E-state index in [9.17, 15) is 17.2 Å². The number of benzene rings is 1. The second kappa shape index (κ2) is 6.01. The first-order chi connectivity index (χ1) is 12.4. The van der Waals surface area contributed by atoms with Crippen LogP contribution < -0.4 is 4.74 Å². The molecule has 1 fully saturated rings. The van der Waals surface area contributed by atoms with Gasteiger partial charge in [0, 0.05) is 11.8 Å². The summed E-state index contributed by atoms with van der Waals surface area (Å²) in [5.74, 6) is -0.245. The highest BCUT2D eigenvalue weighted by molar-refractivity contribution is 7.92. The molecule has 2 aromatic heterocycles. The lowest BCUT2D eigenvalue weighted by Gasteiger charge is -2.10. The molecule has 3 aromatic rings. The summed E-state index contributed by atoms with van der Waals surface area (Å²) in [7, 11) is -3.31. The molecule has 9 heteroatoms. The Kier molecular flexibility index (Phi) is 3.91. The van der Waals surface area contributed by atoms with E-state index in [4.69, 9.17) is 0 Å². The molecule has 1 N–H and O–H groups in total. The van der Waals surface area contributed by atoms with Crippen molar-refractivity contribution in [1.29, 1.82) is 0 Å². The number of aromatic amines is 1. The van der Waals surface area contributed by atoms with E-state index in [0.717, 1.165) is 0 Å². The molecule has 1 saturated carbocycles. The van der Waals surface area contributed by atoms with Gasteiger partial charge in [-0.1, -0.05) is 6.07 Å². The number of aryl methyl sites for hydroxylation is 1. The molecule has 0 amide bonds. The summed E-state index contributed by atoms with van der Waals surface area (Å²) in [6.07, 6.45) is 2.90. The zero-order valence-electron chi connectivity index (χ0n) is 13.7. The van der Waals surface area contributed by atoms with Gasteiger partial charge in [0.15, 0.2) is 9.84 Å². The first-order valence-corrected chi connectivity index (χ1v) is 9.55. The number of hydrogen-bond acceptors (Lipinski definition) is 5. The van der Waals surface area contributed by atoms with Crippen LogP contribution in [0.15, 0.2) is 35.4 Å². The van der Waals surface area contributed by atoms with Gasteiger partial charge in [-0.05, 0) is 43.5 Å². The van der Waals surface area contributed by atoms with Gasteiger partial charge < -0.3 is 4.74 Å². The highest BCUT2D eigenvalue weighted by atomic mass is 32.2. The number of sulfone groups is 1. The van der Waals surface area contributed by atoms with Crippen molar-refractivity contribution in [3.05, 3.63) is 36.0 Å².